The van der Waals surface area contributed by atoms with Crippen molar-refractivity contribution in [1.29, 1.82) is 10.5 Å². The van der Waals surface area contributed by atoms with E-state index in [4.69, 9.17) is 10.5 Å². The standard InChI is InChI=1S/C10H7F2N3/c1-6-8(2-3-13)9(10(11)12)7(4-14)5-15-6/h5,10H,2H2,1H3. The average Bonchev–Trinajstić information content (AvgIpc) is 2.20. The molecule has 1 rings (SSSR count). The second-order valence-corrected chi connectivity index (χ2v) is 2.90. The van der Waals surface area contributed by atoms with E-state index in [9.17, 15) is 8.78 Å². The predicted octanol–water partition coefficient (Wildman–Crippen LogP) is 2.27. The summed E-state index contributed by atoms with van der Waals surface area (Å²) in [5, 5.41) is 17.2. The van der Waals surface area contributed by atoms with Gasteiger partial charge in [0, 0.05) is 17.5 Å². The Morgan fingerprint density at radius 2 is 2.13 bits per heavy atom. The first-order chi connectivity index (χ1) is 7.11. The van der Waals surface area contributed by atoms with Gasteiger partial charge in [0.2, 0.25) is 0 Å². The molecule has 3 nitrogen and oxygen atoms in total. The second-order valence-electron chi connectivity index (χ2n) is 2.90. The Morgan fingerprint density at radius 1 is 1.47 bits per heavy atom. The summed E-state index contributed by atoms with van der Waals surface area (Å²) in [6.07, 6.45) is -1.81. The van der Waals surface area contributed by atoms with Crippen LogP contribution in [0.1, 0.15) is 28.8 Å². The highest BCUT2D eigenvalue weighted by atomic mass is 19.3. The molecule has 0 bridgehead atoms. The van der Waals surface area contributed by atoms with E-state index in [0.29, 0.717) is 5.69 Å². The van der Waals surface area contributed by atoms with Crippen LogP contribution in [0, 0.1) is 29.6 Å². The van der Waals surface area contributed by atoms with Crippen molar-refractivity contribution in [1.82, 2.24) is 4.98 Å². The van der Waals surface area contributed by atoms with Gasteiger partial charge >= 0.3 is 0 Å². The molecule has 0 amide bonds. The smallest absolute Gasteiger partial charge is 0.260 e. The molecule has 0 aliphatic rings. The number of halogens is 2. The van der Waals surface area contributed by atoms with Gasteiger partial charge in [0.05, 0.1) is 18.1 Å². The fourth-order valence-electron chi connectivity index (χ4n) is 1.31. The van der Waals surface area contributed by atoms with Crippen LogP contribution in [-0.4, -0.2) is 4.98 Å². The molecule has 1 aromatic rings. The Balaban J connectivity index is 3.47. The molecular formula is C10H7F2N3. The molecule has 0 N–H and O–H groups in total. The van der Waals surface area contributed by atoms with Gasteiger partial charge in [-0.2, -0.15) is 10.5 Å². The Labute approximate surface area is 85.6 Å². The van der Waals surface area contributed by atoms with Crippen molar-refractivity contribution < 1.29 is 8.78 Å². The third kappa shape index (κ3) is 2.08. The number of nitriles is 2. The molecule has 0 unspecified atom stereocenters. The summed E-state index contributed by atoms with van der Waals surface area (Å²) in [4.78, 5) is 3.80. The molecule has 1 heterocycles. The van der Waals surface area contributed by atoms with E-state index in [1.165, 1.54) is 0 Å². The monoisotopic (exact) mass is 207 g/mol. The predicted molar refractivity (Wildman–Crippen MR) is 48.0 cm³/mol. The maximum atomic E-state index is 12.7. The van der Waals surface area contributed by atoms with Gasteiger partial charge in [0.25, 0.3) is 6.43 Å². The molecule has 0 spiro atoms. The summed E-state index contributed by atoms with van der Waals surface area (Å²) in [6, 6.07) is 3.44. The maximum Gasteiger partial charge on any atom is 0.265 e. The summed E-state index contributed by atoms with van der Waals surface area (Å²) < 4.78 is 25.4. The van der Waals surface area contributed by atoms with Crippen LogP contribution in [0.3, 0.4) is 0 Å². The molecule has 1 aromatic heterocycles. The van der Waals surface area contributed by atoms with E-state index < -0.39 is 6.43 Å². The molecule has 0 atom stereocenters. The van der Waals surface area contributed by atoms with Crippen molar-refractivity contribution in [2.45, 2.75) is 19.8 Å². The molecule has 0 aliphatic carbocycles. The highest BCUT2D eigenvalue weighted by molar-refractivity contribution is 5.44. The second kappa shape index (κ2) is 4.47. The van der Waals surface area contributed by atoms with Crippen LogP contribution < -0.4 is 0 Å². The zero-order valence-electron chi connectivity index (χ0n) is 7.96. The number of pyridine rings is 1. The van der Waals surface area contributed by atoms with E-state index in [2.05, 4.69) is 4.98 Å². The average molecular weight is 207 g/mol. The first-order valence-corrected chi connectivity index (χ1v) is 4.15. The molecule has 0 saturated heterocycles. The minimum Gasteiger partial charge on any atom is -0.260 e. The quantitative estimate of drug-likeness (QED) is 0.747. The van der Waals surface area contributed by atoms with Crippen LogP contribution in [0.5, 0.6) is 0 Å². The number of alkyl halides is 2. The van der Waals surface area contributed by atoms with Gasteiger partial charge < -0.3 is 0 Å². The topological polar surface area (TPSA) is 60.5 Å². The van der Waals surface area contributed by atoms with Gasteiger partial charge in [-0.1, -0.05) is 0 Å². The van der Waals surface area contributed by atoms with E-state index in [-0.39, 0.29) is 23.1 Å². The van der Waals surface area contributed by atoms with E-state index >= 15 is 0 Å². The van der Waals surface area contributed by atoms with Crippen LogP contribution in [-0.2, 0) is 6.42 Å². The lowest BCUT2D eigenvalue weighted by molar-refractivity contribution is 0.150. The van der Waals surface area contributed by atoms with Crippen LogP contribution in [0.25, 0.3) is 0 Å². The molecule has 5 heteroatoms. The molecule has 0 aliphatic heterocycles. The van der Waals surface area contributed by atoms with Crippen LogP contribution in [0.2, 0.25) is 0 Å². The summed E-state index contributed by atoms with van der Waals surface area (Å²) in [5.74, 6) is 0. The van der Waals surface area contributed by atoms with Gasteiger partial charge in [0.1, 0.15) is 6.07 Å². The number of nitrogens with zero attached hydrogens (tertiary/aromatic N) is 3. The SMILES string of the molecule is Cc1ncc(C#N)c(C(F)F)c1CC#N. The molecule has 0 radical (unpaired) electrons. The maximum absolute atomic E-state index is 12.7. The van der Waals surface area contributed by atoms with Crippen LogP contribution in [0.4, 0.5) is 8.78 Å². The van der Waals surface area contributed by atoms with Gasteiger partial charge in [0.15, 0.2) is 0 Å². The number of aryl methyl sites for hydroxylation is 1. The molecule has 15 heavy (non-hydrogen) atoms. The minimum atomic E-state index is -2.76. The van der Waals surface area contributed by atoms with Crippen molar-refractivity contribution in [3.05, 3.63) is 28.6 Å². The lowest BCUT2D eigenvalue weighted by atomic mass is 10.0. The summed E-state index contributed by atoms with van der Waals surface area (Å²) in [6.45, 7) is 1.54. The Kier molecular flexibility index (Phi) is 3.30. The van der Waals surface area contributed by atoms with E-state index in [0.717, 1.165) is 6.20 Å². The third-order valence-electron chi connectivity index (χ3n) is 2.03. The van der Waals surface area contributed by atoms with Crippen molar-refractivity contribution in [3.63, 3.8) is 0 Å². The number of aromatic nitrogens is 1. The molecule has 0 fully saturated rings. The zero-order valence-corrected chi connectivity index (χ0v) is 7.96. The Morgan fingerprint density at radius 3 is 2.60 bits per heavy atom. The van der Waals surface area contributed by atoms with Crippen molar-refractivity contribution in [2.24, 2.45) is 0 Å². The molecule has 0 aromatic carbocycles. The zero-order chi connectivity index (χ0) is 11.4. The normalized spacial score (nSPS) is 9.73. The molecule has 76 valence electrons. The third-order valence-corrected chi connectivity index (χ3v) is 2.03. The highest BCUT2D eigenvalue weighted by Crippen LogP contribution is 2.27. The van der Waals surface area contributed by atoms with Crippen LogP contribution >= 0.6 is 0 Å². The van der Waals surface area contributed by atoms with Gasteiger partial charge in [-0.3, -0.25) is 4.98 Å². The van der Waals surface area contributed by atoms with E-state index in [1.54, 1.807) is 19.1 Å². The van der Waals surface area contributed by atoms with Gasteiger partial charge in [-0.05, 0) is 12.5 Å². The number of rotatable bonds is 2. The largest absolute Gasteiger partial charge is 0.265 e. The Hall–Kier alpha value is -2.01. The van der Waals surface area contributed by atoms with Gasteiger partial charge in [-0.25, -0.2) is 8.78 Å². The first kappa shape index (κ1) is 11.1. The van der Waals surface area contributed by atoms with Crippen molar-refractivity contribution >= 4 is 0 Å². The fraction of sp³-hybridized carbons (Fsp3) is 0.300. The first-order valence-electron chi connectivity index (χ1n) is 4.15. The van der Waals surface area contributed by atoms with Crippen molar-refractivity contribution in [2.75, 3.05) is 0 Å². The number of hydrogen-bond donors (Lipinski definition) is 0. The number of hydrogen-bond acceptors (Lipinski definition) is 3. The van der Waals surface area contributed by atoms with Gasteiger partial charge in [-0.15, -0.1) is 0 Å². The minimum absolute atomic E-state index is 0.159. The summed E-state index contributed by atoms with van der Waals surface area (Å²) in [7, 11) is 0. The van der Waals surface area contributed by atoms with E-state index in [1.807, 2.05) is 0 Å². The highest BCUT2D eigenvalue weighted by Gasteiger charge is 2.20. The summed E-state index contributed by atoms with van der Waals surface area (Å²) in [5.41, 5.74) is -0.00944. The Bertz CT molecular complexity index is 455. The molecular weight excluding hydrogens is 200 g/mol. The fourth-order valence-corrected chi connectivity index (χ4v) is 1.31. The molecule has 0 saturated carbocycles. The lowest BCUT2D eigenvalue weighted by Gasteiger charge is -2.09. The lowest BCUT2D eigenvalue weighted by Crippen LogP contribution is -2.03. The van der Waals surface area contributed by atoms with Crippen LogP contribution in [0.15, 0.2) is 6.20 Å². The summed E-state index contributed by atoms with van der Waals surface area (Å²) >= 11 is 0. The van der Waals surface area contributed by atoms with Crippen molar-refractivity contribution in [3.8, 4) is 12.1 Å².